The van der Waals surface area contributed by atoms with Gasteiger partial charge in [0.1, 0.15) is 30.4 Å². The van der Waals surface area contributed by atoms with Crippen LogP contribution >= 0.6 is 11.6 Å². The molecule has 6 heteroatoms. The van der Waals surface area contributed by atoms with Crippen LogP contribution in [-0.4, -0.2) is 34.0 Å². The van der Waals surface area contributed by atoms with Gasteiger partial charge in [-0.15, -0.1) is 0 Å². The van der Waals surface area contributed by atoms with Crippen molar-refractivity contribution < 1.29 is 14.6 Å². The van der Waals surface area contributed by atoms with Crippen molar-refractivity contribution in [1.82, 2.24) is 9.55 Å². The Bertz CT molecular complexity index is 872. The highest BCUT2D eigenvalue weighted by Gasteiger charge is 2.25. The van der Waals surface area contributed by atoms with Crippen LogP contribution in [0.3, 0.4) is 0 Å². The lowest BCUT2D eigenvalue weighted by atomic mass is 10.2. The summed E-state index contributed by atoms with van der Waals surface area (Å²) >= 11 is 5.88. The average Bonchev–Trinajstić information content (AvgIpc) is 3.30. The van der Waals surface area contributed by atoms with Crippen LogP contribution in [0.1, 0.15) is 24.8 Å². The molecule has 0 radical (unpaired) electrons. The van der Waals surface area contributed by atoms with Gasteiger partial charge in [0, 0.05) is 11.6 Å². The Hall–Kier alpha value is -2.08. The summed E-state index contributed by atoms with van der Waals surface area (Å²) in [5.41, 5.74) is 1.92. The van der Waals surface area contributed by atoms with Crippen molar-refractivity contribution in [1.29, 1.82) is 0 Å². The van der Waals surface area contributed by atoms with E-state index >= 15 is 0 Å². The number of aliphatic hydroxyl groups is 1. The van der Waals surface area contributed by atoms with Crippen molar-refractivity contribution in [3.63, 3.8) is 0 Å². The average molecular weight is 373 g/mol. The van der Waals surface area contributed by atoms with Gasteiger partial charge in [-0.05, 0) is 49.2 Å². The Morgan fingerprint density at radius 1 is 1.23 bits per heavy atom. The Labute approximate surface area is 157 Å². The minimum absolute atomic E-state index is 0.00761. The highest BCUT2D eigenvalue weighted by molar-refractivity contribution is 6.30. The number of fused-ring (bicyclic) bond motifs is 1. The zero-order valence-electron chi connectivity index (χ0n) is 14.3. The second-order valence-electron chi connectivity index (χ2n) is 6.49. The molecule has 1 aromatic heterocycles. The van der Waals surface area contributed by atoms with Crippen LogP contribution in [0.5, 0.6) is 5.75 Å². The highest BCUT2D eigenvalue weighted by atomic mass is 35.5. The van der Waals surface area contributed by atoms with Gasteiger partial charge < -0.3 is 19.1 Å². The number of nitrogens with zero attached hydrogens (tertiary/aromatic N) is 2. The summed E-state index contributed by atoms with van der Waals surface area (Å²) in [5.74, 6) is 1.57. The van der Waals surface area contributed by atoms with Gasteiger partial charge in [0.25, 0.3) is 0 Å². The van der Waals surface area contributed by atoms with Crippen LogP contribution < -0.4 is 4.74 Å². The fraction of sp³-hybridized carbons (Fsp3) is 0.350. The third-order valence-electron chi connectivity index (χ3n) is 4.55. The molecule has 2 heterocycles. The van der Waals surface area contributed by atoms with E-state index in [1.165, 1.54) is 0 Å². The minimum atomic E-state index is -0.663. The van der Waals surface area contributed by atoms with E-state index in [0.717, 1.165) is 36.3 Å². The molecule has 1 aliphatic rings. The second kappa shape index (κ2) is 7.66. The van der Waals surface area contributed by atoms with Crippen molar-refractivity contribution in [2.24, 2.45) is 0 Å². The van der Waals surface area contributed by atoms with E-state index in [1.54, 1.807) is 24.3 Å². The number of aromatic nitrogens is 2. The zero-order chi connectivity index (χ0) is 17.9. The molecule has 0 saturated carbocycles. The number of rotatable bonds is 6. The lowest BCUT2D eigenvalue weighted by Gasteiger charge is -2.17. The SMILES string of the molecule is OC(COc1ccc(Cl)cc1)Cn1c(C2CCCO2)nc2ccccc21. The van der Waals surface area contributed by atoms with Gasteiger partial charge in [0.2, 0.25) is 0 Å². The second-order valence-corrected chi connectivity index (χ2v) is 6.93. The van der Waals surface area contributed by atoms with Crippen molar-refractivity contribution in [3.8, 4) is 5.75 Å². The summed E-state index contributed by atoms with van der Waals surface area (Å²) in [6.07, 6.45) is 1.33. The Morgan fingerprint density at radius 2 is 2.04 bits per heavy atom. The summed E-state index contributed by atoms with van der Waals surface area (Å²) in [6, 6.07) is 15.1. The van der Waals surface area contributed by atoms with E-state index in [0.29, 0.717) is 17.3 Å². The van der Waals surface area contributed by atoms with E-state index < -0.39 is 6.10 Å². The van der Waals surface area contributed by atoms with Crippen LogP contribution in [-0.2, 0) is 11.3 Å². The van der Waals surface area contributed by atoms with Gasteiger partial charge in [-0.1, -0.05) is 23.7 Å². The van der Waals surface area contributed by atoms with Gasteiger partial charge in [-0.3, -0.25) is 0 Å². The Morgan fingerprint density at radius 3 is 2.81 bits per heavy atom. The van der Waals surface area contributed by atoms with Crippen molar-refractivity contribution in [3.05, 3.63) is 59.4 Å². The molecule has 26 heavy (non-hydrogen) atoms. The standard InChI is InChI=1S/C20H21ClN2O3/c21-14-7-9-16(10-8-14)26-13-15(24)12-23-18-5-2-1-4-17(18)22-20(23)19-6-3-11-25-19/h1-2,4-5,7-10,15,19,24H,3,6,11-13H2. The normalized spacial score (nSPS) is 18.3. The van der Waals surface area contributed by atoms with Crippen molar-refractivity contribution >= 4 is 22.6 Å². The summed E-state index contributed by atoms with van der Waals surface area (Å²) in [4.78, 5) is 4.75. The quantitative estimate of drug-likeness (QED) is 0.711. The number of imidazole rings is 1. The molecule has 1 fully saturated rings. The van der Waals surface area contributed by atoms with Gasteiger partial charge >= 0.3 is 0 Å². The largest absolute Gasteiger partial charge is 0.491 e. The maximum atomic E-state index is 10.5. The third kappa shape index (κ3) is 3.70. The molecule has 3 aromatic rings. The topological polar surface area (TPSA) is 56.5 Å². The molecule has 0 bridgehead atoms. The van der Waals surface area contributed by atoms with Gasteiger partial charge in [0.05, 0.1) is 17.6 Å². The molecular weight excluding hydrogens is 352 g/mol. The Balaban J connectivity index is 1.51. The smallest absolute Gasteiger partial charge is 0.139 e. The van der Waals surface area contributed by atoms with E-state index in [1.807, 2.05) is 24.3 Å². The number of ether oxygens (including phenoxy) is 2. The molecule has 2 unspecified atom stereocenters. The molecule has 2 aromatic carbocycles. The Kier molecular flexibility index (Phi) is 5.11. The first-order valence-corrected chi connectivity index (χ1v) is 9.22. The predicted octanol–water partition coefficient (Wildman–Crippen LogP) is 3.98. The molecule has 5 nitrogen and oxygen atoms in total. The van der Waals surface area contributed by atoms with E-state index in [4.69, 9.17) is 26.1 Å². The molecule has 0 spiro atoms. The molecule has 1 N–H and O–H groups in total. The number of hydrogen-bond donors (Lipinski definition) is 1. The van der Waals surface area contributed by atoms with Crippen LogP contribution in [0.15, 0.2) is 48.5 Å². The first kappa shape index (κ1) is 17.3. The molecule has 1 saturated heterocycles. The van der Waals surface area contributed by atoms with Crippen LogP contribution in [0.4, 0.5) is 0 Å². The lowest BCUT2D eigenvalue weighted by Crippen LogP contribution is -2.25. The molecule has 0 aliphatic carbocycles. The van der Waals surface area contributed by atoms with Crippen molar-refractivity contribution in [2.45, 2.75) is 31.6 Å². The van der Waals surface area contributed by atoms with Crippen LogP contribution in [0.25, 0.3) is 11.0 Å². The summed E-state index contributed by atoms with van der Waals surface area (Å²) in [5, 5.41) is 11.2. The summed E-state index contributed by atoms with van der Waals surface area (Å²) in [6.45, 7) is 1.36. The minimum Gasteiger partial charge on any atom is -0.491 e. The zero-order valence-corrected chi connectivity index (χ0v) is 15.1. The summed E-state index contributed by atoms with van der Waals surface area (Å²) < 4.78 is 13.6. The van der Waals surface area contributed by atoms with E-state index in [9.17, 15) is 5.11 Å². The molecule has 4 rings (SSSR count). The maximum absolute atomic E-state index is 10.5. The maximum Gasteiger partial charge on any atom is 0.139 e. The first-order valence-electron chi connectivity index (χ1n) is 8.84. The third-order valence-corrected chi connectivity index (χ3v) is 4.80. The number of para-hydroxylation sites is 2. The molecular formula is C20H21ClN2O3. The lowest BCUT2D eigenvalue weighted by molar-refractivity contribution is 0.0806. The van der Waals surface area contributed by atoms with Crippen molar-refractivity contribution in [2.75, 3.05) is 13.2 Å². The highest BCUT2D eigenvalue weighted by Crippen LogP contribution is 2.30. The van der Waals surface area contributed by atoms with Gasteiger partial charge in [-0.25, -0.2) is 4.98 Å². The van der Waals surface area contributed by atoms with Crippen LogP contribution in [0.2, 0.25) is 5.02 Å². The molecule has 2 atom stereocenters. The first-order chi connectivity index (χ1) is 12.7. The van der Waals surface area contributed by atoms with E-state index in [-0.39, 0.29) is 12.7 Å². The molecule has 136 valence electrons. The number of hydrogen-bond acceptors (Lipinski definition) is 4. The number of halogens is 1. The molecule has 0 amide bonds. The number of aliphatic hydroxyl groups excluding tert-OH is 1. The van der Waals surface area contributed by atoms with Crippen LogP contribution in [0, 0.1) is 0 Å². The number of benzene rings is 2. The fourth-order valence-electron chi connectivity index (χ4n) is 3.30. The summed E-state index contributed by atoms with van der Waals surface area (Å²) in [7, 11) is 0. The molecule has 1 aliphatic heterocycles. The van der Waals surface area contributed by atoms with Gasteiger partial charge in [0.15, 0.2) is 0 Å². The predicted molar refractivity (Wildman–Crippen MR) is 101 cm³/mol. The van der Waals surface area contributed by atoms with Gasteiger partial charge in [-0.2, -0.15) is 0 Å². The van der Waals surface area contributed by atoms with E-state index in [2.05, 4.69) is 4.57 Å². The fourth-order valence-corrected chi connectivity index (χ4v) is 3.43. The monoisotopic (exact) mass is 372 g/mol.